The van der Waals surface area contributed by atoms with Gasteiger partial charge in [-0.1, -0.05) is 72.2 Å². The highest BCUT2D eigenvalue weighted by molar-refractivity contribution is 8.00. The van der Waals surface area contributed by atoms with Crippen LogP contribution in [0.3, 0.4) is 0 Å². The number of benzene rings is 2. The van der Waals surface area contributed by atoms with Gasteiger partial charge in [0.2, 0.25) is 5.13 Å². The van der Waals surface area contributed by atoms with Crippen LogP contribution in [0, 0.1) is 19.7 Å². The molecule has 44 heavy (non-hydrogen) atoms. The minimum Gasteiger partial charge on any atom is -0.505 e. The average molecular weight is 628 g/mol. The van der Waals surface area contributed by atoms with Crippen molar-refractivity contribution in [2.24, 2.45) is 0 Å². The lowest BCUT2D eigenvalue weighted by Gasteiger charge is -2.22. The molecule has 0 radical (unpaired) electrons. The monoisotopic (exact) mass is 627 g/mol. The van der Waals surface area contributed by atoms with Crippen LogP contribution < -0.4 is 9.64 Å². The maximum absolute atomic E-state index is 14.2. The highest BCUT2D eigenvalue weighted by Crippen LogP contribution is 2.44. The number of Topliss-reactive ketones (excluding diaryl/α,β-unsaturated/α-hetero) is 1. The Bertz CT molecular complexity index is 1950. The van der Waals surface area contributed by atoms with Crippen molar-refractivity contribution in [2.75, 3.05) is 11.5 Å². The highest BCUT2D eigenvalue weighted by atomic mass is 32.2. The molecule has 4 heterocycles. The number of aliphatic hydroxyl groups is 1. The number of carbonyl (C=O) groups excluding carboxylic acids is 2. The number of imidazole rings is 1. The lowest BCUT2D eigenvalue weighted by molar-refractivity contribution is -0.132. The molecule has 0 spiro atoms. The van der Waals surface area contributed by atoms with Crippen molar-refractivity contribution in [3.63, 3.8) is 0 Å². The minimum absolute atomic E-state index is 0.116. The number of ketones is 1. The Labute approximate surface area is 260 Å². The number of hydrogen-bond donors (Lipinski definition) is 1. The van der Waals surface area contributed by atoms with E-state index >= 15 is 0 Å². The molecule has 1 fully saturated rings. The summed E-state index contributed by atoms with van der Waals surface area (Å²) in [6.45, 7) is 7.65. The third-order valence-corrected chi connectivity index (χ3v) is 9.33. The van der Waals surface area contributed by atoms with Crippen LogP contribution in [0.1, 0.15) is 34.1 Å². The quantitative estimate of drug-likeness (QED) is 0.0498. The smallest absolute Gasteiger partial charge is 0.301 e. The number of rotatable bonds is 9. The van der Waals surface area contributed by atoms with Crippen LogP contribution in [0.4, 0.5) is 9.52 Å². The summed E-state index contributed by atoms with van der Waals surface area (Å²) in [6.07, 6.45) is 3.44. The second kappa shape index (κ2) is 12.1. The van der Waals surface area contributed by atoms with E-state index in [4.69, 9.17) is 4.74 Å². The van der Waals surface area contributed by atoms with Crippen molar-refractivity contribution >= 4 is 51.3 Å². The van der Waals surface area contributed by atoms with Crippen molar-refractivity contribution in [2.45, 2.75) is 30.0 Å². The molecule has 0 bridgehead atoms. The minimum atomic E-state index is -1.02. The maximum Gasteiger partial charge on any atom is 0.301 e. The van der Waals surface area contributed by atoms with Gasteiger partial charge in [0.25, 0.3) is 5.78 Å². The number of aryl methyl sites for hydroxylation is 2. The molecule has 222 valence electrons. The molecule has 1 unspecified atom stereocenters. The molecule has 0 aliphatic carbocycles. The fraction of sp³-hybridized carbons (Fsp3) is 0.156. The van der Waals surface area contributed by atoms with Gasteiger partial charge >= 0.3 is 5.91 Å². The van der Waals surface area contributed by atoms with E-state index in [0.29, 0.717) is 44.9 Å². The predicted octanol–water partition coefficient (Wildman–Crippen LogP) is 6.43. The van der Waals surface area contributed by atoms with Crippen LogP contribution in [0.15, 0.2) is 89.4 Å². The van der Waals surface area contributed by atoms with Crippen LogP contribution in [0.2, 0.25) is 0 Å². The molecular formula is C32H26FN5O4S2. The van der Waals surface area contributed by atoms with Gasteiger partial charge in [-0.2, -0.15) is 0 Å². The van der Waals surface area contributed by atoms with Crippen LogP contribution in [0.25, 0.3) is 11.4 Å². The van der Waals surface area contributed by atoms with E-state index in [1.54, 1.807) is 55.5 Å². The fourth-order valence-electron chi connectivity index (χ4n) is 5.03. The molecule has 0 saturated carbocycles. The van der Waals surface area contributed by atoms with Gasteiger partial charge in [0, 0.05) is 11.9 Å². The Balaban J connectivity index is 1.43. The summed E-state index contributed by atoms with van der Waals surface area (Å²) in [5, 5.41) is 20.3. The van der Waals surface area contributed by atoms with Crippen molar-refractivity contribution in [1.82, 2.24) is 19.6 Å². The zero-order valence-electron chi connectivity index (χ0n) is 23.7. The van der Waals surface area contributed by atoms with E-state index in [2.05, 4.69) is 21.8 Å². The fourth-order valence-corrected chi connectivity index (χ4v) is 6.89. The summed E-state index contributed by atoms with van der Waals surface area (Å²) in [6, 6.07) is 16.1. The van der Waals surface area contributed by atoms with Gasteiger partial charge in [0.15, 0.2) is 10.1 Å². The van der Waals surface area contributed by atoms with Crippen LogP contribution in [-0.2, 0) is 15.3 Å². The number of aliphatic hydroxyl groups excluding tert-OH is 1. The number of aromatic nitrogens is 4. The number of amides is 1. The summed E-state index contributed by atoms with van der Waals surface area (Å²) in [5.41, 5.74) is 3.26. The largest absolute Gasteiger partial charge is 0.505 e. The Hall–Kier alpha value is -4.81. The van der Waals surface area contributed by atoms with Crippen molar-refractivity contribution in [3.05, 3.63) is 119 Å². The van der Waals surface area contributed by atoms with Crippen molar-refractivity contribution < 1.29 is 23.8 Å². The molecule has 1 amide bonds. The Morgan fingerprint density at radius 1 is 1.11 bits per heavy atom. The van der Waals surface area contributed by atoms with Gasteiger partial charge in [0.1, 0.15) is 29.5 Å². The summed E-state index contributed by atoms with van der Waals surface area (Å²) < 4.78 is 22.1. The standard InChI is InChI=1S/C32H26FN5O4S2/c1-4-16-42-22-13-11-20(12-14-22)26-24(27(39)25-19(3)37-15-7-8-18(2)29(37)34-25)28(40)30(41)38(26)31-35-36-32(44-31)43-17-21-9-5-6-10-23(21)33/h4-15,26,39H,1,16-17H2,2-3H3/b27-24+. The molecule has 1 atom stereocenters. The number of carbonyl (C=O) groups is 2. The molecule has 1 aliphatic rings. The third kappa shape index (κ3) is 5.26. The van der Waals surface area contributed by atoms with E-state index < -0.39 is 17.7 Å². The topological polar surface area (TPSA) is 110 Å². The van der Waals surface area contributed by atoms with Gasteiger partial charge in [0.05, 0.1) is 17.3 Å². The maximum atomic E-state index is 14.2. The van der Waals surface area contributed by atoms with Gasteiger partial charge in [-0.3, -0.25) is 14.5 Å². The first-order valence-corrected chi connectivity index (χ1v) is 15.4. The van der Waals surface area contributed by atoms with Crippen LogP contribution in [0.5, 0.6) is 5.75 Å². The van der Waals surface area contributed by atoms with E-state index in [1.807, 2.05) is 29.7 Å². The molecule has 3 aromatic heterocycles. The predicted molar refractivity (Wildman–Crippen MR) is 167 cm³/mol. The van der Waals surface area contributed by atoms with Crippen LogP contribution >= 0.6 is 23.1 Å². The SMILES string of the molecule is C=CCOc1ccc(C2/C(=C(\O)c3nc4c(C)cccn4c3C)C(=O)C(=O)N2c2nnc(SCc3ccccc3F)s2)cc1. The first-order valence-electron chi connectivity index (χ1n) is 13.6. The molecule has 12 heteroatoms. The molecule has 1 aliphatic heterocycles. The van der Waals surface area contributed by atoms with Crippen LogP contribution in [-0.4, -0.2) is 43.0 Å². The molecular weight excluding hydrogens is 602 g/mol. The van der Waals surface area contributed by atoms with Gasteiger partial charge in [-0.25, -0.2) is 9.37 Å². The number of anilines is 1. The summed E-state index contributed by atoms with van der Waals surface area (Å²) >= 11 is 2.37. The van der Waals surface area contributed by atoms with Gasteiger partial charge in [-0.15, -0.1) is 10.2 Å². The number of halogens is 1. The Morgan fingerprint density at radius 3 is 2.61 bits per heavy atom. The molecule has 1 N–H and O–H groups in total. The van der Waals surface area contributed by atoms with E-state index in [9.17, 15) is 19.1 Å². The molecule has 5 aromatic rings. The molecule has 9 nitrogen and oxygen atoms in total. The third-order valence-electron chi connectivity index (χ3n) is 7.23. The Kier molecular flexibility index (Phi) is 8.02. The summed E-state index contributed by atoms with van der Waals surface area (Å²) in [7, 11) is 0. The van der Waals surface area contributed by atoms with E-state index in [0.717, 1.165) is 16.9 Å². The lowest BCUT2D eigenvalue weighted by Crippen LogP contribution is -2.29. The number of fused-ring (bicyclic) bond motifs is 1. The number of thioether (sulfide) groups is 1. The number of ether oxygens (including phenoxy) is 1. The van der Waals surface area contributed by atoms with E-state index in [-0.39, 0.29) is 28.0 Å². The first-order chi connectivity index (χ1) is 21.3. The normalized spacial score (nSPS) is 16.2. The average Bonchev–Trinajstić information content (AvgIpc) is 3.71. The zero-order valence-corrected chi connectivity index (χ0v) is 25.4. The summed E-state index contributed by atoms with van der Waals surface area (Å²) in [5.74, 6) is -1.57. The zero-order chi connectivity index (χ0) is 31.0. The molecule has 2 aromatic carbocycles. The number of hydrogen-bond acceptors (Lipinski definition) is 9. The molecule has 1 saturated heterocycles. The summed E-state index contributed by atoms with van der Waals surface area (Å²) in [4.78, 5) is 33.2. The highest BCUT2D eigenvalue weighted by Gasteiger charge is 2.49. The molecule has 6 rings (SSSR count). The van der Waals surface area contributed by atoms with Gasteiger partial charge < -0.3 is 14.2 Å². The lowest BCUT2D eigenvalue weighted by atomic mass is 9.96. The number of nitrogens with zero attached hydrogens (tertiary/aromatic N) is 5. The first kappa shape index (κ1) is 29.3. The van der Waals surface area contributed by atoms with Gasteiger partial charge in [-0.05, 0) is 54.8 Å². The van der Waals surface area contributed by atoms with E-state index in [1.165, 1.54) is 22.7 Å². The second-order valence-corrected chi connectivity index (χ2v) is 12.2. The number of pyridine rings is 1. The Morgan fingerprint density at radius 2 is 1.89 bits per heavy atom. The van der Waals surface area contributed by atoms with Crippen molar-refractivity contribution in [3.8, 4) is 5.75 Å². The second-order valence-electron chi connectivity index (χ2n) is 10.00. The van der Waals surface area contributed by atoms with Crippen molar-refractivity contribution in [1.29, 1.82) is 0 Å².